The number of carbonyl (C=O) groups excluding carboxylic acids is 2. The summed E-state index contributed by atoms with van der Waals surface area (Å²) in [6.07, 6.45) is 1.49. The Labute approximate surface area is 143 Å². The molecule has 0 atom stereocenters. The fourth-order valence-electron chi connectivity index (χ4n) is 2.57. The standard InChI is InChI=1S/C17H15ClFN3O2/c18-13-5-6-20-15(11-13)17(24)22-9-7-21(8-10-22)16(23)12-1-3-14(19)4-2-12/h1-6,11H,7-10H2. The first kappa shape index (κ1) is 16.4. The minimum atomic E-state index is -0.379. The Bertz CT molecular complexity index is 759. The van der Waals surface area contributed by atoms with E-state index in [9.17, 15) is 14.0 Å². The molecule has 1 aromatic heterocycles. The van der Waals surface area contributed by atoms with Crippen molar-refractivity contribution >= 4 is 23.4 Å². The van der Waals surface area contributed by atoms with Gasteiger partial charge in [0.2, 0.25) is 0 Å². The molecule has 0 saturated carbocycles. The molecule has 2 heterocycles. The van der Waals surface area contributed by atoms with Crippen LogP contribution in [0.5, 0.6) is 0 Å². The molecule has 124 valence electrons. The molecule has 0 unspecified atom stereocenters. The third kappa shape index (κ3) is 3.54. The largest absolute Gasteiger partial charge is 0.335 e. The first-order chi connectivity index (χ1) is 11.5. The third-order valence-electron chi connectivity index (χ3n) is 3.89. The molecule has 24 heavy (non-hydrogen) atoms. The molecular formula is C17H15ClFN3O2. The van der Waals surface area contributed by atoms with Crippen LogP contribution in [0, 0.1) is 5.82 Å². The van der Waals surface area contributed by atoms with Gasteiger partial charge in [-0.15, -0.1) is 0 Å². The van der Waals surface area contributed by atoms with Crippen LogP contribution in [-0.2, 0) is 0 Å². The van der Waals surface area contributed by atoms with Crippen LogP contribution >= 0.6 is 11.6 Å². The molecule has 1 saturated heterocycles. The van der Waals surface area contributed by atoms with Crippen molar-refractivity contribution in [1.29, 1.82) is 0 Å². The van der Waals surface area contributed by atoms with Crippen molar-refractivity contribution in [2.24, 2.45) is 0 Å². The zero-order valence-corrected chi connectivity index (χ0v) is 13.5. The van der Waals surface area contributed by atoms with Gasteiger partial charge in [0.15, 0.2) is 0 Å². The Morgan fingerprint density at radius 3 is 2.12 bits per heavy atom. The molecule has 1 aliphatic heterocycles. The Morgan fingerprint density at radius 2 is 1.54 bits per heavy atom. The summed E-state index contributed by atoms with van der Waals surface area (Å²) in [5.41, 5.74) is 0.730. The van der Waals surface area contributed by atoms with Crippen molar-refractivity contribution in [2.75, 3.05) is 26.2 Å². The number of halogens is 2. The second-order valence-electron chi connectivity index (χ2n) is 5.45. The smallest absolute Gasteiger partial charge is 0.272 e. The van der Waals surface area contributed by atoms with Crippen molar-refractivity contribution in [3.05, 3.63) is 64.7 Å². The number of hydrogen-bond acceptors (Lipinski definition) is 3. The summed E-state index contributed by atoms with van der Waals surface area (Å²) in [5, 5.41) is 0.457. The topological polar surface area (TPSA) is 53.5 Å². The van der Waals surface area contributed by atoms with E-state index in [0.717, 1.165) is 0 Å². The average molecular weight is 348 g/mol. The molecule has 2 aromatic rings. The molecule has 7 heteroatoms. The Hall–Kier alpha value is -2.47. The number of nitrogens with zero attached hydrogens (tertiary/aromatic N) is 3. The van der Waals surface area contributed by atoms with E-state index in [1.165, 1.54) is 36.5 Å². The van der Waals surface area contributed by atoms with Gasteiger partial charge in [0.1, 0.15) is 11.5 Å². The van der Waals surface area contributed by atoms with Crippen LogP contribution in [0.2, 0.25) is 5.02 Å². The van der Waals surface area contributed by atoms with E-state index in [1.54, 1.807) is 15.9 Å². The van der Waals surface area contributed by atoms with E-state index in [2.05, 4.69) is 4.98 Å². The van der Waals surface area contributed by atoms with E-state index < -0.39 is 0 Å². The van der Waals surface area contributed by atoms with Crippen LogP contribution in [0.1, 0.15) is 20.8 Å². The van der Waals surface area contributed by atoms with Gasteiger partial charge < -0.3 is 9.80 Å². The highest BCUT2D eigenvalue weighted by Gasteiger charge is 2.26. The molecule has 3 rings (SSSR count). The number of aromatic nitrogens is 1. The van der Waals surface area contributed by atoms with Crippen LogP contribution in [0.3, 0.4) is 0 Å². The second-order valence-corrected chi connectivity index (χ2v) is 5.89. The molecule has 1 fully saturated rings. The normalized spacial score (nSPS) is 14.6. The maximum atomic E-state index is 12.9. The Morgan fingerprint density at radius 1 is 0.958 bits per heavy atom. The average Bonchev–Trinajstić information content (AvgIpc) is 2.61. The van der Waals surface area contributed by atoms with Crippen molar-refractivity contribution in [2.45, 2.75) is 0 Å². The molecule has 5 nitrogen and oxygen atoms in total. The second kappa shape index (κ2) is 6.97. The van der Waals surface area contributed by atoms with Crippen LogP contribution in [0.15, 0.2) is 42.6 Å². The zero-order chi connectivity index (χ0) is 17.1. The molecule has 1 aliphatic rings. The summed E-state index contributed by atoms with van der Waals surface area (Å²) in [5.74, 6) is -0.745. The van der Waals surface area contributed by atoms with Crippen LogP contribution < -0.4 is 0 Å². The zero-order valence-electron chi connectivity index (χ0n) is 12.8. The van der Waals surface area contributed by atoms with Crippen molar-refractivity contribution in [1.82, 2.24) is 14.8 Å². The Balaban J connectivity index is 1.62. The van der Waals surface area contributed by atoms with Crippen LogP contribution in [0.4, 0.5) is 4.39 Å². The van der Waals surface area contributed by atoms with Gasteiger partial charge in [-0.25, -0.2) is 4.39 Å². The number of hydrogen-bond donors (Lipinski definition) is 0. The molecule has 0 bridgehead atoms. The molecule has 1 aromatic carbocycles. The lowest BCUT2D eigenvalue weighted by Gasteiger charge is -2.34. The van der Waals surface area contributed by atoms with Crippen molar-refractivity contribution < 1.29 is 14.0 Å². The maximum absolute atomic E-state index is 12.9. The summed E-state index contributed by atoms with van der Waals surface area (Å²) in [7, 11) is 0. The van der Waals surface area contributed by atoms with Gasteiger partial charge in [-0.1, -0.05) is 11.6 Å². The lowest BCUT2D eigenvalue weighted by atomic mass is 10.1. The van der Waals surface area contributed by atoms with Gasteiger partial charge in [-0.3, -0.25) is 14.6 Å². The quantitative estimate of drug-likeness (QED) is 0.838. The number of pyridine rings is 1. The summed E-state index contributed by atoms with van der Waals surface area (Å²) in [6, 6.07) is 8.59. The van der Waals surface area contributed by atoms with E-state index >= 15 is 0 Å². The van der Waals surface area contributed by atoms with Gasteiger partial charge >= 0.3 is 0 Å². The highest BCUT2D eigenvalue weighted by Crippen LogP contribution is 2.14. The van der Waals surface area contributed by atoms with Crippen molar-refractivity contribution in [3.8, 4) is 0 Å². The predicted molar refractivity (Wildman–Crippen MR) is 87.5 cm³/mol. The Kier molecular flexibility index (Phi) is 4.76. The van der Waals surface area contributed by atoms with Crippen molar-refractivity contribution in [3.63, 3.8) is 0 Å². The summed E-state index contributed by atoms with van der Waals surface area (Å²) in [4.78, 5) is 32.1. The third-order valence-corrected chi connectivity index (χ3v) is 4.12. The van der Waals surface area contributed by atoms with E-state index in [1.807, 2.05) is 0 Å². The number of amides is 2. The lowest BCUT2D eigenvalue weighted by Crippen LogP contribution is -2.50. The molecular weight excluding hydrogens is 333 g/mol. The van der Waals surface area contributed by atoms with Gasteiger partial charge in [0, 0.05) is 43.0 Å². The van der Waals surface area contributed by atoms with Gasteiger partial charge in [-0.05, 0) is 36.4 Å². The number of carbonyl (C=O) groups is 2. The van der Waals surface area contributed by atoms with Crippen LogP contribution in [-0.4, -0.2) is 52.8 Å². The fourth-order valence-corrected chi connectivity index (χ4v) is 2.73. The monoisotopic (exact) mass is 347 g/mol. The summed E-state index contributed by atoms with van der Waals surface area (Å²) < 4.78 is 12.9. The maximum Gasteiger partial charge on any atom is 0.272 e. The minimum Gasteiger partial charge on any atom is -0.335 e. The first-order valence-corrected chi connectivity index (χ1v) is 7.88. The van der Waals surface area contributed by atoms with E-state index in [-0.39, 0.29) is 17.6 Å². The molecule has 0 radical (unpaired) electrons. The van der Waals surface area contributed by atoms with Gasteiger partial charge in [-0.2, -0.15) is 0 Å². The minimum absolute atomic E-state index is 0.164. The number of benzene rings is 1. The first-order valence-electron chi connectivity index (χ1n) is 7.50. The van der Waals surface area contributed by atoms with Crippen LogP contribution in [0.25, 0.3) is 0 Å². The predicted octanol–water partition coefficient (Wildman–Crippen LogP) is 2.47. The highest BCUT2D eigenvalue weighted by atomic mass is 35.5. The highest BCUT2D eigenvalue weighted by molar-refractivity contribution is 6.30. The summed E-state index contributed by atoms with van der Waals surface area (Å²) >= 11 is 5.88. The number of piperazine rings is 1. The fraction of sp³-hybridized carbons (Fsp3) is 0.235. The van der Waals surface area contributed by atoms with Gasteiger partial charge in [0.05, 0.1) is 0 Å². The molecule has 0 aliphatic carbocycles. The summed E-state index contributed by atoms with van der Waals surface area (Å²) in [6.45, 7) is 1.67. The molecule has 0 spiro atoms. The SMILES string of the molecule is O=C(c1ccc(F)cc1)N1CCN(C(=O)c2cc(Cl)ccn2)CC1. The number of rotatable bonds is 2. The lowest BCUT2D eigenvalue weighted by molar-refractivity contribution is 0.0532. The molecule has 0 N–H and O–H groups in total. The van der Waals surface area contributed by atoms with E-state index in [0.29, 0.717) is 42.5 Å². The molecule has 2 amide bonds. The van der Waals surface area contributed by atoms with Gasteiger partial charge in [0.25, 0.3) is 11.8 Å². The van der Waals surface area contributed by atoms with E-state index in [4.69, 9.17) is 11.6 Å².